The summed E-state index contributed by atoms with van der Waals surface area (Å²) in [5.74, 6) is -0.392. The first-order valence-corrected chi connectivity index (χ1v) is 5.14. The largest absolute Gasteiger partial charge is 0.366 e. The second kappa shape index (κ2) is 4.19. The van der Waals surface area contributed by atoms with E-state index in [0.717, 1.165) is 16.7 Å². The Bertz CT molecular complexity index is 532. The normalized spacial score (nSPS) is 10.1. The quantitative estimate of drug-likeness (QED) is 0.815. The van der Waals surface area contributed by atoms with Crippen LogP contribution in [-0.4, -0.2) is 5.91 Å². The van der Waals surface area contributed by atoms with Gasteiger partial charge in [-0.25, -0.2) is 0 Å². The monoisotopic (exact) mass is 211 g/mol. The van der Waals surface area contributed by atoms with Crippen molar-refractivity contribution >= 4 is 5.91 Å². The molecule has 0 spiro atoms. The molecule has 0 aliphatic heterocycles. The molecule has 0 fully saturated rings. The molecule has 0 saturated heterocycles. The number of carbonyl (C=O) groups excluding carboxylic acids is 1. The number of aryl methyl sites for hydroxylation is 1. The molecule has 2 heteroatoms. The molecular weight excluding hydrogens is 198 g/mol. The third-order valence-electron chi connectivity index (χ3n) is 2.52. The van der Waals surface area contributed by atoms with Crippen molar-refractivity contribution in [2.24, 2.45) is 5.73 Å². The fourth-order valence-electron chi connectivity index (χ4n) is 1.76. The average Bonchev–Trinajstić information content (AvgIpc) is 2.29. The van der Waals surface area contributed by atoms with Gasteiger partial charge in [-0.2, -0.15) is 0 Å². The van der Waals surface area contributed by atoms with Gasteiger partial charge in [0.25, 0.3) is 0 Å². The van der Waals surface area contributed by atoms with Crippen molar-refractivity contribution < 1.29 is 4.79 Å². The zero-order valence-electron chi connectivity index (χ0n) is 9.10. The van der Waals surface area contributed by atoms with E-state index in [2.05, 4.69) is 0 Å². The van der Waals surface area contributed by atoms with E-state index in [-0.39, 0.29) is 0 Å². The van der Waals surface area contributed by atoms with E-state index >= 15 is 0 Å². The molecular formula is C14H13NO. The van der Waals surface area contributed by atoms with E-state index in [1.54, 1.807) is 6.07 Å². The van der Waals surface area contributed by atoms with Gasteiger partial charge >= 0.3 is 0 Å². The highest BCUT2D eigenvalue weighted by molar-refractivity contribution is 5.99. The fraction of sp³-hybridized carbons (Fsp3) is 0.0714. The Balaban J connectivity index is 2.60. The van der Waals surface area contributed by atoms with Crippen LogP contribution < -0.4 is 5.73 Å². The molecule has 0 unspecified atom stereocenters. The maximum atomic E-state index is 11.3. The molecule has 2 nitrogen and oxygen atoms in total. The Hall–Kier alpha value is -2.09. The van der Waals surface area contributed by atoms with Crippen LogP contribution in [0.2, 0.25) is 0 Å². The van der Waals surface area contributed by atoms with E-state index in [0.29, 0.717) is 5.56 Å². The zero-order chi connectivity index (χ0) is 11.5. The topological polar surface area (TPSA) is 43.1 Å². The summed E-state index contributed by atoms with van der Waals surface area (Å²) in [7, 11) is 0. The summed E-state index contributed by atoms with van der Waals surface area (Å²) in [5.41, 5.74) is 8.99. The van der Waals surface area contributed by atoms with Gasteiger partial charge < -0.3 is 5.73 Å². The molecule has 80 valence electrons. The van der Waals surface area contributed by atoms with Crippen LogP contribution in [0.1, 0.15) is 15.9 Å². The lowest BCUT2D eigenvalue weighted by Crippen LogP contribution is -2.12. The van der Waals surface area contributed by atoms with E-state index in [1.807, 2.05) is 49.4 Å². The van der Waals surface area contributed by atoms with Gasteiger partial charge in [0, 0.05) is 5.56 Å². The maximum Gasteiger partial charge on any atom is 0.249 e. The molecule has 16 heavy (non-hydrogen) atoms. The number of nitrogens with two attached hydrogens (primary N) is 1. The predicted molar refractivity (Wildman–Crippen MR) is 65.1 cm³/mol. The van der Waals surface area contributed by atoms with Crippen LogP contribution in [0.3, 0.4) is 0 Å². The Morgan fingerprint density at radius 2 is 1.81 bits per heavy atom. The Morgan fingerprint density at radius 1 is 1.06 bits per heavy atom. The minimum Gasteiger partial charge on any atom is -0.366 e. The standard InChI is InChI=1S/C14H13NO/c1-10-5-4-6-11(9-10)12-7-2-3-8-13(12)14(15)16/h2-9H,1H3,(H2,15,16). The number of carbonyl (C=O) groups is 1. The number of hydrogen-bond acceptors (Lipinski definition) is 1. The van der Waals surface area contributed by atoms with Crippen LogP contribution in [0, 0.1) is 6.92 Å². The third kappa shape index (κ3) is 1.96. The van der Waals surface area contributed by atoms with Gasteiger partial charge in [-0.05, 0) is 24.1 Å². The molecule has 2 aromatic carbocycles. The van der Waals surface area contributed by atoms with Crippen molar-refractivity contribution in [1.29, 1.82) is 0 Å². The Labute approximate surface area is 94.7 Å². The molecule has 0 aromatic heterocycles. The summed E-state index contributed by atoms with van der Waals surface area (Å²) in [5, 5.41) is 0. The van der Waals surface area contributed by atoms with Crippen molar-refractivity contribution in [1.82, 2.24) is 0 Å². The summed E-state index contributed by atoms with van der Waals surface area (Å²) in [6.45, 7) is 2.02. The molecule has 0 aliphatic rings. The third-order valence-corrected chi connectivity index (χ3v) is 2.52. The Morgan fingerprint density at radius 3 is 2.50 bits per heavy atom. The SMILES string of the molecule is Cc1cccc(-c2ccccc2C(N)=O)c1. The molecule has 1 amide bonds. The van der Waals surface area contributed by atoms with E-state index < -0.39 is 5.91 Å². The molecule has 0 saturated carbocycles. The van der Waals surface area contributed by atoms with Gasteiger partial charge in [-0.3, -0.25) is 4.79 Å². The number of rotatable bonds is 2. The van der Waals surface area contributed by atoms with Gasteiger partial charge in [-0.15, -0.1) is 0 Å². The molecule has 0 bridgehead atoms. The number of primary amides is 1. The highest BCUT2D eigenvalue weighted by Crippen LogP contribution is 2.23. The van der Waals surface area contributed by atoms with Crippen LogP contribution in [0.15, 0.2) is 48.5 Å². The van der Waals surface area contributed by atoms with Gasteiger partial charge in [-0.1, -0.05) is 48.0 Å². The summed E-state index contributed by atoms with van der Waals surface area (Å²) in [6, 6.07) is 15.4. The van der Waals surface area contributed by atoms with Gasteiger partial charge in [0.2, 0.25) is 5.91 Å². The maximum absolute atomic E-state index is 11.3. The fourth-order valence-corrected chi connectivity index (χ4v) is 1.76. The lowest BCUT2D eigenvalue weighted by molar-refractivity contribution is 0.100. The first-order chi connectivity index (χ1) is 7.68. The molecule has 0 heterocycles. The van der Waals surface area contributed by atoms with Crippen LogP contribution in [0.5, 0.6) is 0 Å². The number of amides is 1. The van der Waals surface area contributed by atoms with Crippen molar-refractivity contribution in [2.45, 2.75) is 6.92 Å². The highest BCUT2D eigenvalue weighted by Gasteiger charge is 2.08. The van der Waals surface area contributed by atoms with Crippen LogP contribution in [-0.2, 0) is 0 Å². The Kier molecular flexibility index (Phi) is 2.73. The second-order valence-corrected chi connectivity index (χ2v) is 3.78. The van der Waals surface area contributed by atoms with Crippen LogP contribution in [0.4, 0.5) is 0 Å². The number of hydrogen-bond donors (Lipinski definition) is 1. The summed E-state index contributed by atoms with van der Waals surface area (Å²) < 4.78 is 0. The van der Waals surface area contributed by atoms with Crippen LogP contribution >= 0.6 is 0 Å². The second-order valence-electron chi connectivity index (χ2n) is 3.78. The number of benzene rings is 2. The van der Waals surface area contributed by atoms with Crippen LogP contribution in [0.25, 0.3) is 11.1 Å². The first kappa shape index (κ1) is 10.4. The molecule has 0 radical (unpaired) electrons. The van der Waals surface area contributed by atoms with E-state index in [9.17, 15) is 4.79 Å². The molecule has 0 atom stereocenters. The molecule has 0 aliphatic carbocycles. The minimum absolute atomic E-state index is 0.392. The van der Waals surface area contributed by atoms with Crippen molar-refractivity contribution in [3.8, 4) is 11.1 Å². The van der Waals surface area contributed by atoms with E-state index in [4.69, 9.17) is 5.73 Å². The summed E-state index contributed by atoms with van der Waals surface area (Å²) in [6.07, 6.45) is 0. The van der Waals surface area contributed by atoms with Gasteiger partial charge in [0.1, 0.15) is 0 Å². The summed E-state index contributed by atoms with van der Waals surface area (Å²) >= 11 is 0. The summed E-state index contributed by atoms with van der Waals surface area (Å²) in [4.78, 5) is 11.3. The van der Waals surface area contributed by atoms with Crippen molar-refractivity contribution in [2.75, 3.05) is 0 Å². The lowest BCUT2D eigenvalue weighted by Gasteiger charge is -2.07. The molecule has 2 rings (SSSR count). The molecule has 2 aromatic rings. The van der Waals surface area contributed by atoms with E-state index in [1.165, 1.54) is 0 Å². The lowest BCUT2D eigenvalue weighted by atomic mass is 9.98. The predicted octanol–water partition coefficient (Wildman–Crippen LogP) is 2.76. The minimum atomic E-state index is -0.392. The smallest absolute Gasteiger partial charge is 0.249 e. The van der Waals surface area contributed by atoms with Crippen molar-refractivity contribution in [3.63, 3.8) is 0 Å². The van der Waals surface area contributed by atoms with Crippen molar-refractivity contribution in [3.05, 3.63) is 59.7 Å². The van der Waals surface area contributed by atoms with Gasteiger partial charge in [0.05, 0.1) is 0 Å². The zero-order valence-corrected chi connectivity index (χ0v) is 9.10. The highest BCUT2D eigenvalue weighted by atomic mass is 16.1. The average molecular weight is 211 g/mol. The first-order valence-electron chi connectivity index (χ1n) is 5.14. The molecule has 2 N–H and O–H groups in total. The van der Waals surface area contributed by atoms with Gasteiger partial charge in [0.15, 0.2) is 0 Å².